The Hall–Kier alpha value is -0.370. The van der Waals surface area contributed by atoms with Crippen LogP contribution in [0.5, 0.6) is 0 Å². The molecule has 15 heavy (non-hydrogen) atoms. The van der Waals surface area contributed by atoms with Crippen molar-refractivity contribution in [2.45, 2.75) is 57.0 Å². The second-order valence-corrected chi connectivity index (χ2v) is 4.93. The van der Waals surface area contributed by atoms with Crippen molar-refractivity contribution in [3.05, 3.63) is 11.6 Å². The third-order valence-electron chi connectivity index (χ3n) is 3.70. The molecule has 1 heterocycles. The number of hydrogen-bond acceptors (Lipinski definition) is 1. The summed E-state index contributed by atoms with van der Waals surface area (Å²) < 4.78 is 14.6. The van der Waals surface area contributed by atoms with Gasteiger partial charge in [-0.3, -0.25) is 0 Å². The van der Waals surface area contributed by atoms with Gasteiger partial charge >= 0.3 is 0 Å². The maximum Gasteiger partial charge on any atom is 0.144 e. The van der Waals surface area contributed by atoms with E-state index < -0.39 is 5.67 Å². The average Bonchev–Trinajstić information content (AvgIpc) is 2.17. The molecule has 1 N–H and O–H groups in total. The molecule has 0 saturated carbocycles. The molecule has 1 fully saturated rings. The van der Waals surface area contributed by atoms with Gasteiger partial charge < -0.3 is 5.32 Å². The van der Waals surface area contributed by atoms with Crippen molar-refractivity contribution >= 4 is 0 Å². The van der Waals surface area contributed by atoms with Crippen LogP contribution in [0.4, 0.5) is 4.39 Å². The van der Waals surface area contributed by atoms with Crippen molar-refractivity contribution in [2.75, 3.05) is 13.1 Å². The topological polar surface area (TPSA) is 12.0 Å². The van der Waals surface area contributed by atoms with Gasteiger partial charge in [-0.05, 0) is 50.6 Å². The molecule has 2 rings (SSSR count). The Bertz CT molecular complexity index is 229. The molecule has 0 bridgehead atoms. The van der Waals surface area contributed by atoms with Gasteiger partial charge in [0.15, 0.2) is 0 Å². The number of halogens is 1. The zero-order valence-electron chi connectivity index (χ0n) is 9.53. The Morgan fingerprint density at radius 3 is 2.80 bits per heavy atom. The summed E-state index contributed by atoms with van der Waals surface area (Å²) in [5.74, 6) is 0. The summed E-state index contributed by atoms with van der Waals surface area (Å²) in [7, 11) is 0. The second-order valence-electron chi connectivity index (χ2n) is 4.93. The highest BCUT2D eigenvalue weighted by Crippen LogP contribution is 2.34. The third-order valence-corrected chi connectivity index (χ3v) is 3.70. The van der Waals surface area contributed by atoms with Gasteiger partial charge in [-0.1, -0.05) is 18.9 Å². The van der Waals surface area contributed by atoms with Crippen LogP contribution in [-0.4, -0.2) is 18.8 Å². The van der Waals surface area contributed by atoms with E-state index in [-0.39, 0.29) is 0 Å². The fraction of sp³-hybridized carbons (Fsp3) is 0.846. The summed E-state index contributed by atoms with van der Waals surface area (Å²) in [4.78, 5) is 0. The molecule has 0 aromatic carbocycles. The van der Waals surface area contributed by atoms with Gasteiger partial charge in [0.1, 0.15) is 5.67 Å². The Kier molecular flexibility index (Phi) is 3.79. The molecule has 0 amide bonds. The molecule has 2 heteroatoms. The maximum absolute atomic E-state index is 14.6. The van der Waals surface area contributed by atoms with E-state index in [2.05, 4.69) is 11.4 Å². The first kappa shape index (κ1) is 11.1. The number of hydrogen-bond donors (Lipinski definition) is 1. The minimum atomic E-state index is -1.02. The predicted molar refractivity (Wildman–Crippen MR) is 61.7 cm³/mol. The van der Waals surface area contributed by atoms with Crippen LogP contribution >= 0.6 is 0 Å². The number of rotatable bonds is 1. The summed E-state index contributed by atoms with van der Waals surface area (Å²) in [5.41, 5.74) is 0.0738. The zero-order chi connectivity index (χ0) is 10.6. The molecule has 0 spiro atoms. The van der Waals surface area contributed by atoms with Gasteiger partial charge in [0.2, 0.25) is 0 Å². The molecule has 1 aliphatic heterocycles. The van der Waals surface area contributed by atoms with Crippen LogP contribution in [0.25, 0.3) is 0 Å². The zero-order valence-corrected chi connectivity index (χ0v) is 9.53. The van der Waals surface area contributed by atoms with Crippen LogP contribution in [-0.2, 0) is 0 Å². The van der Waals surface area contributed by atoms with Gasteiger partial charge in [-0.25, -0.2) is 4.39 Å². The monoisotopic (exact) mass is 211 g/mol. The van der Waals surface area contributed by atoms with E-state index in [1.54, 1.807) is 0 Å². The standard InChI is InChI=1S/C13H22FN/c14-13(9-6-10-15-11-13)12-7-4-2-1-3-5-8-12/h7,15H,1-6,8-11H2. The normalized spacial score (nSPS) is 34.1. The molecule has 2 aliphatic rings. The minimum absolute atomic E-state index is 0.541. The van der Waals surface area contributed by atoms with Crippen molar-refractivity contribution in [3.8, 4) is 0 Å². The van der Waals surface area contributed by atoms with Gasteiger partial charge in [0, 0.05) is 6.54 Å². The summed E-state index contributed by atoms with van der Waals surface area (Å²) in [6.07, 6.45) is 11.0. The molecule has 86 valence electrons. The first-order valence-electron chi connectivity index (χ1n) is 6.40. The van der Waals surface area contributed by atoms with E-state index in [9.17, 15) is 4.39 Å². The van der Waals surface area contributed by atoms with Crippen LogP contribution < -0.4 is 5.32 Å². The fourth-order valence-corrected chi connectivity index (χ4v) is 2.74. The number of alkyl halides is 1. The van der Waals surface area contributed by atoms with Gasteiger partial charge in [-0.15, -0.1) is 0 Å². The second kappa shape index (κ2) is 5.11. The van der Waals surface area contributed by atoms with E-state index in [4.69, 9.17) is 0 Å². The SMILES string of the molecule is FC1(C2=CCCCCCC2)CCCNC1. The van der Waals surface area contributed by atoms with Crippen molar-refractivity contribution in [1.29, 1.82) is 0 Å². The van der Waals surface area contributed by atoms with E-state index in [1.807, 2.05) is 0 Å². The van der Waals surface area contributed by atoms with Crippen LogP contribution in [0.2, 0.25) is 0 Å². The van der Waals surface area contributed by atoms with Crippen molar-refractivity contribution < 1.29 is 4.39 Å². The summed E-state index contributed by atoms with van der Waals surface area (Å²) in [6, 6.07) is 0. The molecule has 0 aromatic heterocycles. The van der Waals surface area contributed by atoms with Gasteiger partial charge in [-0.2, -0.15) is 0 Å². The minimum Gasteiger partial charge on any atom is -0.313 e. The first-order chi connectivity index (χ1) is 7.31. The van der Waals surface area contributed by atoms with Crippen LogP contribution in [0.3, 0.4) is 0 Å². The van der Waals surface area contributed by atoms with Crippen LogP contribution in [0.15, 0.2) is 11.6 Å². The average molecular weight is 211 g/mol. The number of nitrogens with one attached hydrogen (secondary N) is 1. The Morgan fingerprint density at radius 2 is 2.00 bits per heavy atom. The Morgan fingerprint density at radius 1 is 1.13 bits per heavy atom. The maximum atomic E-state index is 14.6. The summed E-state index contributed by atoms with van der Waals surface area (Å²) in [5, 5.41) is 3.19. The fourth-order valence-electron chi connectivity index (χ4n) is 2.74. The summed E-state index contributed by atoms with van der Waals surface area (Å²) >= 11 is 0. The lowest BCUT2D eigenvalue weighted by molar-refractivity contribution is 0.158. The molecule has 1 atom stereocenters. The molecular weight excluding hydrogens is 189 g/mol. The van der Waals surface area contributed by atoms with Crippen molar-refractivity contribution in [2.24, 2.45) is 0 Å². The molecular formula is C13H22FN. The highest BCUT2D eigenvalue weighted by Gasteiger charge is 2.35. The van der Waals surface area contributed by atoms with Crippen LogP contribution in [0.1, 0.15) is 51.4 Å². The third kappa shape index (κ3) is 2.81. The lowest BCUT2D eigenvalue weighted by Gasteiger charge is -2.33. The largest absolute Gasteiger partial charge is 0.313 e. The molecule has 0 aromatic rings. The summed E-state index contributed by atoms with van der Waals surface area (Å²) in [6.45, 7) is 1.53. The Labute approximate surface area is 92.1 Å². The van der Waals surface area contributed by atoms with Gasteiger partial charge in [0.25, 0.3) is 0 Å². The highest BCUT2D eigenvalue weighted by molar-refractivity contribution is 5.19. The van der Waals surface area contributed by atoms with Crippen molar-refractivity contribution in [1.82, 2.24) is 5.32 Å². The van der Waals surface area contributed by atoms with Crippen molar-refractivity contribution in [3.63, 3.8) is 0 Å². The predicted octanol–water partition coefficient (Wildman–Crippen LogP) is 3.36. The number of allylic oxidation sites excluding steroid dienone is 1. The molecule has 1 unspecified atom stereocenters. The van der Waals surface area contributed by atoms with Gasteiger partial charge in [0.05, 0.1) is 0 Å². The quantitative estimate of drug-likeness (QED) is 0.656. The molecule has 1 nitrogen and oxygen atoms in total. The lowest BCUT2D eigenvalue weighted by Crippen LogP contribution is -2.43. The van der Waals surface area contributed by atoms with Crippen LogP contribution in [0, 0.1) is 0 Å². The molecule has 0 radical (unpaired) electrons. The first-order valence-corrected chi connectivity index (χ1v) is 6.40. The molecule has 1 saturated heterocycles. The highest BCUT2D eigenvalue weighted by atomic mass is 19.1. The number of piperidine rings is 1. The van der Waals surface area contributed by atoms with E-state index in [0.29, 0.717) is 6.54 Å². The van der Waals surface area contributed by atoms with E-state index in [0.717, 1.165) is 37.8 Å². The van der Waals surface area contributed by atoms with E-state index >= 15 is 0 Å². The van der Waals surface area contributed by atoms with E-state index in [1.165, 1.54) is 25.7 Å². The molecule has 1 aliphatic carbocycles. The Balaban J connectivity index is 2.04. The smallest absolute Gasteiger partial charge is 0.144 e. The lowest BCUT2D eigenvalue weighted by atomic mass is 9.83.